The molecule has 0 bridgehead atoms. The summed E-state index contributed by atoms with van der Waals surface area (Å²) in [4.78, 5) is 12.0. The van der Waals surface area contributed by atoms with Gasteiger partial charge in [-0.2, -0.15) is 0 Å². The van der Waals surface area contributed by atoms with Crippen LogP contribution in [0.1, 0.15) is 18.1 Å². The number of amides is 1. The third-order valence-electron chi connectivity index (χ3n) is 3.33. The van der Waals surface area contributed by atoms with E-state index < -0.39 is 0 Å². The van der Waals surface area contributed by atoms with Crippen LogP contribution >= 0.6 is 0 Å². The van der Waals surface area contributed by atoms with Crippen molar-refractivity contribution >= 4 is 11.6 Å². The van der Waals surface area contributed by atoms with Crippen molar-refractivity contribution in [2.45, 2.75) is 20.8 Å². The third kappa shape index (κ3) is 2.54. The largest absolute Gasteiger partial charge is 0.314 e. The standard InChI is InChI=1S/C14H21N3O/c1-11-5-4-6-12(2)14(11)17(13(3)18)16-9-7-15-8-10-16/h4-6,15H,7-10H2,1-3H3. The number of aryl methyl sites for hydroxylation is 2. The summed E-state index contributed by atoms with van der Waals surface area (Å²) < 4.78 is 0. The number of anilines is 1. The number of hydrogen-bond donors (Lipinski definition) is 1. The van der Waals surface area contributed by atoms with Gasteiger partial charge >= 0.3 is 0 Å². The van der Waals surface area contributed by atoms with E-state index in [9.17, 15) is 4.79 Å². The Balaban J connectivity index is 2.37. The number of rotatable bonds is 2. The van der Waals surface area contributed by atoms with Crippen LogP contribution < -0.4 is 10.3 Å². The monoisotopic (exact) mass is 247 g/mol. The minimum Gasteiger partial charge on any atom is -0.314 e. The number of nitrogens with one attached hydrogen (secondary N) is 1. The molecular weight excluding hydrogens is 226 g/mol. The Kier molecular flexibility index (Phi) is 3.99. The minimum absolute atomic E-state index is 0.0781. The van der Waals surface area contributed by atoms with Crippen LogP contribution in [0.25, 0.3) is 0 Å². The average Bonchev–Trinajstić information content (AvgIpc) is 2.34. The van der Waals surface area contributed by atoms with Gasteiger partial charge in [-0.3, -0.25) is 4.79 Å². The Morgan fingerprint density at radius 1 is 1.22 bits per heavy atom. The van der Waals surface area contributed by atoms with Crippen LogP contribution in [0, 0.1) is 13.8 Å². The van der Waals surface area contributed by atoms with E-state index in [2.05, 4.69) is 36.3 Å². The van der Waals surface area contributed by atoms with E-state index >= 15 is 0 Å². The molecule has 1 aromatic carbocycles. The minimum atomic E-state index is 0.0781. The van der Waals surface area contributed by atoms with Gasteiger partial charge in [-0.05, 0) is 25.0 Å². The number of carbonyl (C=O) groups excluding carboxylic acids is 1. The highest BCUT2D eigenvalue weighted by molar-refractivity contribution is 5.92. The van der Waals surface area contributed by atoms with Gasteiger partial charge in [0.15, 0.2) is 0 Å². The quantitative estimate of drug-likeness (QED) is 0.860. The van der Waals surface area contributed by atoms with Gasteiger partial charge < -0.3 is 5.32 Å². The third-order valence-corrected chi connectivity index (χ3v) is 3.33. The first-order valence-corrected chi connectivity index (χ1v) is 6.43. The fraction of sp³-hybridized carbons (Fsp3) is 0.500. The molecule has 1 amide bonds. The van der Waals surface area contributed by atoms with Gasteiger partial charge in [-0.25, -0.2) is 10.0 Å². The molecule has 0 radical (unpaired) electrons. The van der Waals surface area contributed by atoms with E-state index in [0.29, 0.717) is 0 Å². The van der Waals surface area contributed by atoms with Gasteiger partial charge in [0.25, 0.3) is 0 Å². The first kappa shape index (κ1) is 13.1. The van der Waals surface area contributed by atoms with E-state index in [1.54, 1.807) is 6.92 Å². The lowest BCUT2D eigenvalue weighted by molar-refractivity contribution is -0.119. The molecule has 98 valence electrons. The summed E-state index contributed by atoms with van der Waals surface area (Å²) >= 11 is 0. The van der Waals surface area contributed by atoms with Crippen molar-refractivity contribution in [3.8, 4) is 0 Å². The molecule has 2 rings (SSSR count). The number of piperazine rings is 1. The van der Waals surface area contributed by atoms with E-state index in [1.165, 1.54) is 0 Å². The van der Waals surface area contributed by atoms with E-state index in [0.717, 1.165) is 43.0 Å². The SMILES string of the molecule is CC(=O)N(c1c(C)cccc1C)N1CCNCC1. The molecule has 1 aliphatic heterocycles. The summed E-state index contributed by atoms with van der Waals surface area (Å²) in [6.45, 7) is 9.33. The van der Waals surface area contributed by atoms with Crippen molar-refractivity contribution in [3.05, 3.63) is 29.3 Å². The Hall–Kier alpha value is -1.39. The van der Waals surface area contributed by atoms with Crippen molar-refractivity contribution in [2.75, 3.05) is 31.2 Å². The van der Waals surface area contributed by atoms with Gasteiger partial charge in [0, 0.05) is 33.1 Å². The summed E-state index contributed by atoms with van der Waals surface area (Å²) in [5.74, 6) is 0.0781. The molecular formula is C14H21N3O. The zero-order valence-electron chi connectivity index (χ0n) is 11.4. The molecule has 18 heavy (non-hydrogen) atoms. The number of hydrazine groups is 1. The van der Waals surface area contributed by atoms with Crippen LogP contribution in [0.4, 0.5) is 5.69 Å². The van der Waals surface area contributed by atoms with E-state index in [1.807, 2.05) is 11.1 Å². The Labute approximate surface area is 109 Å². The van der Waals surface area contributed by atoms with Crippen molar-refractivity contribution in [1.82, 2.24) is 10.3 Å². The zero-order valence-corrected chi connectivity index (χ0v) is 11.4. The molecule has 0 atom stereocenters. The van der Waals surface area contributed by atoms with Gasteiger partial charge in [-0.15, -0.1) is 0 Å². The van der Waals surface area contributed by atoms with Crippen molar-refractivity contribution in [3.63, 3.8) is 0 Å². The molecule has 0 saturated carbocycles. The van der Waals surface area contributed by atoms with Crippen LogP contribution in [0.3, 0.4) is 0 Å². The second-order valence-corrected chi connectivity index (χ2v) is 4.77. The maximum Gasteiger partial charge on any atom is 0.238 e. The molecule has 1 saturated heterocycles. The average molecular weight is 247 g/mol. The lowest BCUT2D eigenvalue weighted by Gasteiger charge is -2.38. The zero-order chi connectivity index (χ0) is 13.1. The summed E-state index contributed by atoms with van der Waals surface area (Å²) in [7, 11) is 0. The highest BCUT2D eigenvalue weighted by Crippen LogP contribution is 2.26. The van der Waals surface area contributed by atoms with Crippen molar-refractivity contribution in [2.24, 2.45) is 0 Å². The second-order valence-electron chi connectivity index (χ2n) is 4.77. The molecule has 0 spiro atoms. The molecule has 1 N–H and O–H groups in total. The molecule has 4 heteroatoms. The Bertz CT molecular complexity index is 418. The van der Waals surface area contributed by atoms with Crippen LogP contribution in [0.5, 0.6) is 0 Å². The molecule has 0 aliphatic carbocycles. The molecule has 1 aliphatic rings. The topological polar surface area (TPSA) is 35.6 Å². The highest BCUT2D eigenvalue weighted by Gasteiger charge is 2.24. The smallest absolute Gasteiger partial charge is 0.238 e. The molecule has 1 fully saturated rings. The highest BCUT2D eigenvalue weighted by atomic mass is 16.2. The Morgan fingerprint density at radius 2 is 1.78 bits per heavy atom. The first-order chi connectivity index (χ1) is 8.61. The molecule has 1 heterocycles. The predicted octanol–water partition coefficient (Wildman–Crippen LogP) is 1.48. The van der Waals surface area contributed by atoms with E-state index in [-0.39, 0.29) is 5.91 Å². The normalized spacial score (nSPS) is 16.6. The molecule has 4 nitrogen and oxygen atoms in total. The van der Waals surface area contributed by atoms with E-state index in [4.69, 9.17) is 0 Å². The Morgan fingerprint density at radius 3 is 2.28 bits per heavy atom. The van der Waals surface area contributed by atoms with Crippen molar-refractivity contribution in [1.29, 1.82) is 0 Å². The van der Waals surface area contributed by atoms with Crippen LogP contribution in [0.15, 0.2) is 18.2 Å². The number of hydrogen-bond acceptors (Lipinski definition) is 3. The molecule has 0 unspecified atom stereocenters. The number of para-hydroxylation sites is 1. The predicted molar refractivity (Wildman–Crippen MR) is 73.5 cm³/mol. The van der Waals surface area contributed by atoms with Gasteiger partial charge in [0.05, 0.1) is 5.69 Å². The summed E-state index contributed by atoms with van der Waals surface area (Å²) in [6.07, 6.45) is 0. The second kappa shape index (κ2) is 5.50. The maximum atomic E-state index is 12.0. The summed E-state index contributed by atoms with van der Waals surface area (Å²) in [5, 5.41) is 7.28. The first-order valence-electron chi connectivity index (χ1n) is 6.43. The van der Waals surface area contributed by atoms with Crippen LogP contribution in [-0.2, 0) is 4.79 Å². The van der Waals surface area contributed by atoms with Crippen LogP contribution in [0.2, 0.25) is 0 Å². The molecule has 1 aromatic rings. The van der Waals surface area contributed by atoms with Gasteiger partial charge in [0.2, 0.25) is 5.91 Å². The molecule has 0 aromatic heterocycles. The summed E-state index contributed by atoms with van der Waals surface area (Å²) in [6, 6.07) is 6.14. The summed E-state index contributed by atoms with van der Waals surface area (Å²) in [5.41, 5.74) is 3.32. The maximum absolute atomic E-state index is 12.0. The lowest BCUT2D eigenvalue weighted by Crippen LogP contribution is -2.54. The lowest BCUT2D eigenvalue weighted by atomic mass is 10.1. The van der Waals surface area contributed by atoms with Gasteiger partial charge in [-0.1, -0.05) is 18.2 Å². The van der Waals surface area contributed by atoms with Gasteiger partial charge in [0.1, 0.15) is 0 Å². The number of carbonyl (C=O) groups is 1. The van der Waals surface area contributed by atoms with Crippen LogP contribution in [-0.4, -0.2) is 37.1 Å². The van der Waals surface area contributed by atoms with Crippen molar-refractivity contribution < 1.29 is 4.79 Å². The fourth-order valence-electron chi connectivity index (χ4n) is 2.49. The number of benzene rings is 1. The number of nitrogens with zero attached hydrogens (tertiary/aromatic N) is 2. The fourth-order valence-corrected chi connectivity index (χ4v) is 2.49.